The molecule has 1 N–H and O–H groups in total. The number of rotatable bonds is 9. The Balaban J connectivity index is 1.73. The Morgan fingerprint density at radius 1 is 1.18 bits per heavy atom. The molecule has 34 heavy (non-hydrogen) atoms. The highest BCUT2D eigenvalue weighted by molar-refractivity contribution is 7.92. The Morgan fingerprint density at radius 2 is 1.85 bits per heavy atom. The zero-order chi connectivity index (χ0) is 24.9. The van der Waals surface area contributed by atoms with E-state index in [1.165, 1.54) is 6.21 Å². The lowest BCUT2D eigenvalue weighted by Crippen LogP contribution is -2.39. The molecule has 10 heteroatoms. The van der Waals surface area contributed by atoms with Gasteiger partial charge < -0.3 is 9.30 Å². The van der Waals surface area contributed by atoms with Crippen LogP contribution in [-0.2, 0) is 14.8 Å². The van der Waals surface area contributed by atoms with Crippen molar-refractivity contribution in [3.8, 4) is 11.4 Å². The molecule has 0 bridgehead atoms. The maximum Gasteiger partial charge on any atom is 0.260 e. The molecule has 0 saturated heterocycles. The van der Waals surface area contributed by atoms with Gasteiger partial charge in [0.2, 0.25) is 10.0 Å². The zero-order valence-electron chi connectivity index (χ0n) is 19.4. The molecule has 0 aliphatic rings. The SMILES string of the molecule is CCOc1ccc(N(CC(=O)N/N=C/c2cc(C)n(-c3ccccc3Cl)c2C)S(C)(=O)=O)cc1. The number of nitrogens with zero attached hydrogens (tertiary/aromatic N) is 3. The van der Waals surface area contributed by atoms with Gasteiger partial charge in [0.25, 0.3) is 5.91 Å². The van der Waals surface area contributed by atoms with Gasteiger partial charge in [-0.2, -0.15) is 5.10 Å². The lowest BCUT2D eigenvalue weighted by Gasteiger charge is -2.21. The van der Waals surface area contributed by atoms with Gasteiger partial charge in [0.1, 0.15) is 12.3 Å². The fourth-order valence-electron chi connectivity index (χ4n) is 3.54. The number of aromatic nitrogens is 1. The number of nitrogens with one attached hydrogen (secondary N) is 1. The van der Waals surface area contributed by atoms with Crippen LogP contribution in [0.2, 0.25) is 5.02 Å². The van der Waals surface area contributed by atoms with Crippen LogP contribution in [0.3, 0.4) is 0 Å². The number of carbonyl (C=O) groups is 1. The van der Waals surface area contributed by atoms with Gasteiger partial charge in [-0.05, 0) is 63.2 Å². The number of ether oxygens (including phenoxy) is 1. The quantitative estimate of drug-likeness (QED) is 0.352. The molecule has 0 radical (unpaired) electrons. The first kappa shape index (κ1) is 25.3. The molecule has 1 heterocycles. The van der Waals surface area contributed by atoms with Gasteiger partial charge >= 0.3 is 0 Å². The molecule has 3 aromatic rings. The summed E-state index contributed by atoms with van der Waals surface area (Å²) in [5.41, 5.74) is 6.26. The van der Waals surface area contributed by atoms with Crippen LogP contribution >= 0.6 is 11.6 Å². The number of sulfonamides is 1. The predicted octanol–water partition coefficient (Wildman–Crippen LogP) is 4.06. The molecule has 0 unspecified atom stereocenters. The van der Waals surface area contributed by atoms with Crippen molar-refractivity contribution < 1.29 is 17.9 Å². The van der Waals surface area contributed by atoms with E-state index in [9.17, 15) is 13.2 Å². The Hall–Kier alpha value is -3.30. The van der Waals surface area contributed by atoms with Crippen molar-refractivity contribution in [1.82, 2.24) is 9.99 Å². The summed E-state index contributed by atoms with van der Waals surface area (Å²) in [5.74, 6) is 0.0404. The summed E-state index contributed by atoms with van der Waals surface area (Å²) >= 11 is 6.35. The maximum atomic E-state index is 12.5. The summed E-state index contributed by atoms with van der Waals surface area (Å²) in [7, 11) is -3.70. The number of aryl methyl sites for hydroxylation is 1. The minimum Gasteiger partial charge on any atom is -0.494 e. The maximum absolute atomic E-state index is 12.5. The molecule has 0 atom stereocenters. The van der Waals surface area contributed by atoms with Crippen LogP contribution in [0.4, 0.5) is 5.69 Å². The number of hydrogen-bond acceptors (Lipinski definition) is 5. The van der Waals surface area contributed by atoms with E-state index < -0.39 is 22.5 Å². The van der Waals surface area contributed by atoms with Gasteiger partial charge in [0, 0.05) is 17.0 Å². The minimum atomic E-state index is -3.70. The molecule has 8 nitrogen and oxygen atoms in total. The van der Waals surface area contributed by atoms with Gasteiger partial charge in [0.05, 0.1) is 35.5 Å². The van der Waals surface area contributed by atoms with E-state index in [1.54, 1.807) is 24.3 Å². The van der Waals surface area contributed by atoms with Crippen LogP contribution in [-0.4, -0.2) is 44.5 Å². The number of amides is 1. The second-order valence-electron chi connectivity index (χ2n) is 7.60. The summed E-state index contributed by atoms with van der Waals surface area (Å²) < 4.78 is 33.0. The van der Waals surface area contributed by atoms with Crippen molar-refractivity contribution in [3.63, 3.8) is 0 Å². The average molecular weight is 503 g/mol. The van der Waals surface area contributed by atoms with E-state index in [2.05, 4.69) is 10.5 Å². The van der Waals surface area contributed by atoms with Crippen molar-refractivity contribution in [3.05, 3.63) is 76.6 Å². The number of para-hydroxylation sites is 1. The number of hydrazone groups is 1. The normalized spacial score (nSPS) is 11.6. The first-order valence-corrected chi connectivity index (χ1v) is 12.8. The Bertz CT molecular complexity index is 1300. The largest absolute Gasteiger partial charge is 0.494 e. The van der Waals surface area contributed by atoms with E-state index in [1.807, 2.05) is 55.7 Å². The third kappa shape index (κ3) is 5.98. The predicted molar refractivity (Wildman–Crippen MR) is 136 cm³/mol. The van der Waals surface area contributed by atoms with E-state index in [-0.39, 0.29) is 0 Å². The number of hydrogen-bond donors (Lipinski definition) is 1. The molecule has 0 aliphatic heterocycles. The van der Waals surface area contributed by atoms with Crippen molar-refractivity contribution >= 4 is 39.4 Å². The fourth-order valence-corrected chi connectivity index (χ4v) is 4.61. The molecule has 0 saturated carbocycles. The molecule has 0 spiro atoms. The van der Waals surface area contributed by atoms with Gasteiger partial charge in [-0.3, -0.25) is 9.10 Å². The van der Waals surface area contributed by atoms with Crippen molar-refractivity contribution in [2.24, 2.45) is 5.10 Å². The highest BCUT2D eigenvalue weighted by atomic mass is 35.5. The summed E-state index contributed by atoms with van der Waals surface area (Å²) in [6.45, 7) is 5.82. The zero-order valence-corrected chi connectivity index (χ0v) is 21.0. The molecular weight excluding hydrogens is 476 g/mol. The summed E-state index contributed by atoms with van der Waals surface area (Å²) in [5, 5.41) is 4.65. The van der Waals surface area contributed by atoms with Crippen molar-refractivity contribution in [1.29, 1.82) is 0 Å². The van der Waals surface area contributed by atoms with Crippen LogP contribution in [0.25, 0.3) is 5.69 Å². The number of halogens is 1. The lowest BCUT2D eigenvalue weighted by molar-refractivity contribution is -0.119. The number of carbonyl (C=O) groups excluding carboxylic acids is 1. The van der Waals surface area contributed by atoms with Gasteiger partial charge in [0.15, 0.2) is 0 Å². The first-order valence-electron chi connectivity index (χ1n) is 10.6. The van der Waals surface area contributed by atoms with E-state index in [0.717, 1.165) is 33.2 Å². The van der Waals surface area contributed by atoms with Crippen LogP contribution in [0.15, 0.2) is 59.7 Å². The van der Waals surface area contributed by atoms with E-state index in [0.29, 0.717) is 23.1 Å². The highest BCUT2D eigenvalue weighted by Crippen LogP contribution is 2.26. The standard InChI is InChI=1S/C24H27ClN4O4S/c1-5-33-21-12-10-20(11-13-21)28(34(4,31)32)16-24(30)27-26-15-19-14-17(2)29(18(19)3)23-9-7-6-8-22(23)25/h6-15H,5,16H2,1-4H3,(H,27,30)/b26-15+. The first-order chi connectivity index (χ1) is 16.1. The van der Waals surface area contributed by atoms with Crippen molar-refractivity contribution in [2.75, 3.05) is 23.7 Å². The third-order valence-electron chi connectivity index (χ3n) is 5.08. The van der Waals surface area contributed by atoms with Gasteiger partial charge in [-0.25, -0.2) is 13.8 Å². The molecular formula is C24H27ClN4O4S. The minimum absolute atomic E-state index is 0.355. The van der Waals surface area contributed by atoms with Crippen LogP contribution in [0.1, 0.15) is 23.9 Å². The summed E-state index contributed by atoms with van der Waals surface area (Å²) in [4.78, 5) is 12.5. The second-order valence-corrected chi connectivity index (χ2v) is 9.92. The average Bonchev–Trinajstić information content (AvgIpc) is 3.06. The molecule has 180 valence electrons. The molecule has 0 aliphatic carbocycles. The Labute approximate surface area is 204 Å². The molecule has 2 aromatic carbocycles. The third-order valence-corrected chi connectivity index (χ3v) is 6.54. The van der Waals surface area contributed by atoms with E-state index in [4.69, 9.17) is 16.3 Å². The summed E-state index contributed by atoms with van der Waals surface area (Å²) in [6, 6.07) is 15.9. The fraction of sp³-hybridized carbons (Fsp3) is 0.250. The molecule has 1 aromatic heterocycles. The van der Waals surface area contributed by atoms with Crippen molar-refractivity contribution in [2.45, 2.75) is 20.8 Å². The van der Waals surface area contributed by atoms with Crippen LogP contribution < -0.4 is 14.5 Å². The molecule has 3 rings (SSSR count). The van der Waals surface area contributed by atoms with E-state index >= 15 is 0 Å². The van der Waals surface area contributed by atoms with Crippen LogP contribution in [0.5, 0.6) is 5.75 Å². The van der Waals surface area contributed by atoms with Gasteiger partial charge in [-0.15, -0.1) is 0 Å². The molecule has 1 amide bonds. The number of benzene rings is 2. The number of anilines is 1. The second kappa shape index (κ2) is 10.8. The van der Waals surface area contributed by atoms with Gasteiger partial charge in [-0.1, -0.05) is 23.7 Å². The molecule has 0 fully saturated rings. The van der Waals surface area contributed by atoms with Crippen LogP contribution in [0, 0.1) is 13.8 Å². The lowest BCUT2D eigenvalue weighted by atomic mass is 10.2. The summed E-state index contributed by atoms with van der Waals surface area (Å²) in [6.07, 6.45) is 2.57. The smallest absolute Gasteiger partial charge is 0.260 e. The highest BCUT2D eigenvalue weighted by Gasteiger charge is 2.21. The Morgan fingerprint density at radius 3 is 2.47 bits per heavy atom. The Kier molecular flexibility index (Phi) is 8.01. The monoisotopic (exact) mass is 502 g/mol. The topological polar surface area (TPSA) is 93.0 Å².